The lowest BCUT2D eigenvalue weighted by Gasteiger charge is -2.20. The fraction of sp³-hybridized carbons (Fsp3) is 1.00. The van der Waals surface area contributed by atoms with Crippen LogP contribution in [0.4, 0.5) is 0 Å². The zero-order valence-corrected chi connectivity index (χ0v) is 21.1. The van der Waals surface area contributed by atoms with E-state index in [0.29, 0.717) is 0 Å². The van der Waals surface area contributed by atoms with Gasteiger partial charge in [0.1, 0.15) is 0 Å². The second-order valence-electron chi connectivity index (χ2n) is 7.99. The Morgan fingerprint density at radius 3 is 1.35 bits per heavy atom. The molecular formula is C22H49O8P. The summed E-state index contributed by atoms with van der Waals surface area (Å²) >= 11 is 0. The molecule has 0 saturated carbocycles. The smallest absolute Gasteiger partial charge is 0.368 e. The summed E-state index contributed by atoms with van der Waals surface area (Å²) in [5.41, 5.74) is 0. The standard InChI is InChI=1S/C22H46O4.H3O4P/c1-5-6-7-8-9-10-11-12-13-14-15-16-17-18-19-24-21(3)26-22(4)25-20(2)23;1-5(2,3)4/h20-23H,5-19H2,1-4H3;(H3,1,2,3,4). The van der Waals surface area contributed by atoms with E-state index in [1.54, 1.807) is 13.8 Å². The van der Waals surface area contributed by atoms with Gasteiger partial charge in [0.05, 0.1) is 0 Å². The maximum Gasteiger partial charge on any atom is 0.466 e. The number of hydrogen-bond acceptors (Lipinski definition) is 5. The molecule has 0 bridgehead atoms. The molecule has 0 amide bonds. The predicted molar refractivity (Wildman–Crippen MR) is 123 cm³/mol. The molecule has 0 heterocycles. The van der Waals surface area contributed by atoms with Gasteiger partial charge in [-0.25, -0.2) is 4.57 Å². The maximum absolute atomic E-state index is 9.11. The maximum atomic E-state index is 9.11. The third kappa shape index (κ3) is 37.6. The van der Waals surface area contributed by atoms with E-state index in [1.807, 2.05) is 6.92 Å². The molecule has 0 aromatic carbocycles. The van der Waals surface area contributed by atoms with Crippen LogP contribution in [-0.2, 0) is 18.8 Å². The van der Waals surface area contributed by atoms with Crippen molar-refractivity contribution in [2.45, 2.75) is 136 Å². The third-order valence-electron chi connectivity index (χ3n) is 4.62. The fourth-order valence-corrected chi connectivity index (χ4v) is 3.16. The van der Waals surface area contributed by atoms with Gasteiger partial charge in [0.2, 0.25) is 0 Å². The van der Waals surface area contributed by atoms with Gasteiger partial charge in [-0.2, -0.15) is 0 Å². The first-order chi connectivity index (χ1) is 14.6. The van der Waals surface area contributed by atoms with E-state index in [-0.39, 0.29) is 6.29 Å². The summed E-state index contributed by atoms with van der Waals surface area (Å²) in [5.74, 6) is 0. The average molecular weight is 473 g/mol. The van der Waals surface area contributed by atoms with Crippen LogP contribution in [0.5, 0.6) is 0 Å². The number of ether oxygens (including phenoxy) is 3. The van der Waals surface area contributed by atoms with E-state index in [2.05, 4.69) is 6.92 Å². The van der Waals surface area contributed by atoms with E-state index in [9.17, 15) is 0 Å². The Bertz CT molecular complexity index is 395. The minimum absolute atomic E-state index is 0.300. The highest BCUT2D eigenvalue weighted by molar-refractivity contribution is 7.45. The average Bonchev–Trinajstić information content (AvgIpc) is 2.62. The normalized spacial score (nSPS) is 14.6. The minimum atomic E-state index is -4.64. The summed E-state index contributed by atoms with van der Waals surface area (Å²) < 4.78 is 25.1. The molecule has 0 rings (SSSR count). The quantitative estimate of drug-likeness (QED) is 0.102. The molecule has 3 unspecified atom stereocenters. The van der Waals surface area contributed by atoms with Crippen LogP contribution >= 0.6 is 7.82 Å². The first kappa shape index (κ1) is 33.1. The molecule has 8 nitrogen and oxygen atoms in total. The number of aliphatic hydroxyl groups is 1. The lowest BCUT2D eigenvalue weighted by atomic mass is 10.0. The molecule has 31 heavy (non-hydrogen) atoms. The van der Waals surface area contributed by atoms with Crippen LogP contribution in [0.3, 0.4) is 0 Å². The van der Waals surface area contributed by atoms with Gasteiger partial charge in [-0.05, 0) is 27.2 Å². The van der Waals surface area contributed by atoms with Gasteiger partial charge in [0.25, 0.3) is 0 Å². The fourth-order valence-electron chi connectivity index (χ4n) is 3.16. The molecule has 0 aromatic heterocycles. The van der Waals surface area contributed by atoms with Crippen molar-refractivity contribution >= 4 is 7.82 Å². The molecule has 4 N–H and O–H groups in total. The Hall–Kier alpha value is -0.0500. The van der Waals surface area contributed by atoms with Gasteiger partial charge in [-0.3, -0.25) is 0 Å². The summed E-state index contributed by atoms with van der Waals surface area (Å²) in [4.78, 5) is 21.6. The number of rotatable bonds is 20. The zero-order valence-electron chi connectivity index (χ0n) is 20.2. The number of aliphatic hydroxyl groups excluding tert-OH is 1. The minimum Gasteiger partial charge on any atom is -0.368 e. The Morgan fingerprint density at radius 1 is 0.645 bits per heavy atom. The molecule has 190 valence electrons. The molecule has 0 aliphatic rings. The molecule has 0 aromatic rings. The third-order valence-corrected chi connectivity index (χ3v) is 4.62. The Morgan fingerprint density at radius 2 is 1.00 bits per heavy atom. The van der Waals surface area contributed by atoms with E-state index < -0.39 is 20.4 Å². The lowest BCUT2D eigenvalue weighted by molar-refractivity contribution is -0.270. The number of unbranched alkanes of at least 4 members (excludes halogenated alkanes) is 13. The molecule has 0 spiro atoms. The SMILES string of the molecule is CCCCCCCCCCCCCCCCOC(C)OC(C)OC(C)O.O=P(O)(O)O. The van der Waals surface area contributed by atoms with Crippen LogP contribution in [-0.4, -0.2) is 45.3 Å². The molecule has 0 aliphatic carbocycles. The zero-order chi connectivity index (χ0) is 24.0. The van der Waals surface area contributed by atoms with Crippen molar-refractivity contribution in [2.75, 3.05) is 6.61 Å². The molecule has 9 heteroatoms. The summed E-state index contributed by atoms with van der Waals surface area (Å²) in [6.07, 6.45) is 17.5. The summed E-state index contributed by atoms with van der Waals surface area (Å²) in [6.45, 7) is 8.20. The van der Waals surface area contributed by atoms with Gasteiger partial charge >= 0.3 is 7.82 Å². The van der Waals surface area contributed by atoms with Crippen molar-refractivity contribution in [1.29, 1.82) is 0 Å². The van der Waals surface area contributed by atoms with Crippen LogP contribution in [0.15, 0.2) is 0 Å². The molecule has 0 aliphatic heterocycles. The Balaban J connectivity index is 0. The first-order valence-corrected chi connectivity index (χ1v) is 13.5. The Kier molecular flexibility index (Phi) is 24.7. The molecular weight excluding hydrogens is 423 g/mol. The van der Waals surface area contributed by atoms with Gasteiger partial charge in [0, 0.05) is 6.61 Å². The van der Waals surface area contributed by atoms with E-state index in [0.717, 1.165) is 13.0 Å². The molecule has 0 radical (unpaired) electrons. The van der Waals surface area contributed by atoms with Crippen molar-refractivity contribution in [3.8, 4) is 0 Å². The van der Waals surface area contributed by atoms with Crippen molar-refractivity contribution in [1.82, 2.24) is 0 Å². The van der Waals surface area contributed by atoms with Gasteiger partial charge in [0.15, 0.2) is 18.9 Å². The van der Waals surface area contributed by atoms with Crippen LogP contribution in [0.1, 0.15) is 118 Å². The van der Waals surface area contributed by atoms with Crippen LogP contribution in [0.25, 0.3) is 0 Å². The highest BCUT2D eigenvalue weighted by atomic mass is 31.2. The molecule has 0 saturated heterocycles. The highest BCUT2D eigenvalue weighted by Gasteiger charge is 2.10. The van der Waals surface area contributed by atoms with Gasteiger partial charge in [-0.15, -0.1) is 0 Å². The van der Waals surface area contributed by atoms with Crippen molar-refractivity contribution < 1.29 is 38.6 Å². The van der Waals surface area contributed by atoms with Gasteiger partial charge < -0.3 is 34.0 Å². The number of phosphoric acid groups is 1. The topological polar surface area (TPSA) is 126 Å². The van der Waals surface area contributed by atoms with Crippen molar-refractivity contribution in [3.05, 3.63) is 0 Å². The van der Waals surface area contributed by atoms with E-state index in [4.69, 9.17) is 38.6 Å². The van der Waals surface area contributed by atoms with Crippen molar-refractivity contribution in [2.24, 2.45) is 0 Å². The van der Waals surface area contributed by atoms with E-state index >= 15 is 0 Å². The molecule has 0 fully saturated rings. The highest BCUT2D eigenvalue weighted by Crippen LogP contribution is 2.25. The van der Waals surface area contributed by atoms with Crippen LogP contribution < -0.4 is 0 Å². The monoisotopic (exact) mass is 472 g/mol. The van der Waals surface area contributed by atoms with E-state index in [1.165, 1.54) is 83.5 Å². The summed E-state index contributed by atoms with van der Waals surface area (Å²) in [7, 11) is -4.64. The largest absolute Gasteiger partial charge is 0.466 e. The van der Waals surface area contributed by atoms with Gasteiger partial charge in [-0.1, -0.05) is 90.4 Å². The second kappa shape index (κ2) is 23.1. The van der Waals surface area contributed by atoms with Crippen LogP contribution in [0.2, 0.25) is 0 Å². The predicted octanol–water partition coefficient (Wildman–Crippen LogP) is 5.62. The van der Waals surface area contributed by atoms with Crippen LogP contribution in [0, 0.1) is 0 Å². The number of hydrogen-bond donors (Lipinski definition) is 4. The van der Waals surface area contributed by atoms with Crippen molar-refractivity contribution in [3.63, 3.8) is 0 Å². The second-order valence-corrected chi connectivity index (χ2v) is 9.01. The lowest BCUT2D eigenvalue weighted by Crippen LogP contribution is -2.25. The Labute approximate surface area is 189 Å². The first-order valence-electron chi connectivity index (χ1n) is 11.9. The molecule has 3 atom stereocenters. The summed E-state index contributed by atoms with van der Waals surface area (Å²) in [6, 6.07) is 0. The summed E-state index contributed by atoms with van der Waals surface area (Å²) in [5, 5.41) is 9.11.